The van der Waals surface area contributed by atoms with Crippen molar-refractivity contribution in [1.82, 2.24) is 10.2 Å². The van der Waals surface area contributed by atoms with Gasteiger partial charge in [-0.15, -0.1) is 10.2 Å². The summed E-state index contributed by atoms with van der Waals surface area (Å²) < 4.78 is 11.0. The summed E-state index contributed by atoms with van der Waals surface area (Å²) in [5, 5.41) is 7.98. The number of hydrogen-bond acceptors (Lipinski definition) is 5. The first kappa shape index (κ1) is 15.4. The number of carbonyl (C=O) groups is 1. The van der Waals surface area contributed by atoms with E-state index in [4.69, 9.17) is 9.15 Å². The molecule has 6 heteroatoms. The Labute approximate surface area is 145 Å². The minimum atomic E-state index is -0.277. The molecular weight excluding hydrogens is 318 g/mol. The Morgan fingerprint density at radius 2 is 1.92 bits per heavy atom. The van der Waals surface area contributed by atoms with Gasteiger partial charge >= 0.3 is 11.8 Å². The molecule has 0 bridgehead atoms. The maximum atomic E-state index is 12.9. The Balaban J connectivity index is 1.66. The van der Waals surface area contributed by atoms with Crippen LogP contribution < -0.4 is 9.64 Å². The van der Waals surface area contributed by atoms with Crippen LogP contribution >= 0.6 is 0 Å². The second-order valence-electron chi connectivity index (χ2n) is 5.80. The summed E-state index contributed by atoms with van der Waals surface area (Å²) >= 11 is 0. The van der Waals surface area contributed by atoms with Gasteiger partial charge in [0.15, 0.2) is 0 Å². The van der Waals surface area contributed by atoms with E-state index in [2.05, 4.69) is 10.2 Å². The van der Waals surface area contributed by atoms with E-state index < -0.39 is 0 Å². The van der Waals surface area contributed by atoms with Gasteiger partial charge in [-0.1, -0.05) is 30.3 Å². The molecule has 1 amide bonds. The molecule has 2 aromatic carbocycles. The van der Waals surface area contributed by atoms with Gasteiger partial charge in [-0.2, -0.15) is 0 Å². The van der Waals surface area contributed by atoms with Crippen molar-refractivity contribution in [2.45, 2.75) is 12.8 Å². The molecule has 126 valence electrons. The third-order valence-electron chi connectivity index (χ3n) is 4.30. The number of ether oxygens (including phenoxy) is 1. The molecular formula is C19H17N3O3. The molecule has 2 heterocycles. The lowest BCUT2D eigenvalue weighted by atomic mass is 10.0. The summed E-state index contributed by atoms with van der Waals surface area (Å²) in [6.45, 7) is 0.641. The van der Waals surface area contributed by atoms with Crippen LogP contribution in [0.5, 0.6) is 5.75 Å². The summed E-state index contributed by atoms with van der Waals surface area (Å²) in [6.07, 6.45) is 1.88. The first-order valence-corrected chi connectivity index (χ1v) is 8.14. The van der Waals surface area contributed by atoms with Crippen molar-refractivity contribution < 1.29 is 13.9 Å². The molecule has 6 nitrogen and oxygen atoms in total. The quantitative estimate of drug-likeness (QED) is 0.734. The average molecular weight is 335 g/mol. The number of hydrogen-bond donors (Lipinski definition) is 0. The van der Waals surface area contributed by atoms with E-state index in [-0.39, 0.29) is 17.7 Å². The van der Waals surface area contributed by atoms with E-state index >= 15 is 0 Å². The van der Waals surface area contributed by atoms with Gasteiger partial charge in [-0.05, 0) is 36.6 Å². The van der Waals surface area contributed by atoms with Crippen LogP contribution in [0.2, 0.25) is 0 Å². The van der Waals surface area contributed by atoms with E-state index in [1.807, 2.05) is 48.5 Å². The Kier molecular flexibility index (Phi) is 3.93. The molecule has 1 aliphatic heterocycles. The number of methoxy groups -OCH3 is 1. The van der Waals surface area contributed by atoms with Crippen molar-refractivity contribution in [1.29, 1.82) is 0 Å². The summed E-state index contributed by atoms with van der Waals surface area (Å²) in [5.41, 5.74) is 2.73. The molecule has 1 aromatic heterocycles. The Bertz CT molecular complexity index is 920. The molecule has 0 N–H and O–H groups in total. The highest BCUT2D eigenvalue weighted by Crippen LogP contribution is 2.30. The molecule has 0 atom stereocenters. The van der Waals surface area contributed by atoms with Crippen LogP contribution in [-0.2, 0) is 6.42 Å². The summed E-state index contributed by atoms with van der Waals surface area (Å²) in [5.74, 6) is 0.595. The van der Waals surface area contributed by atoms with Crippen molar-refractivity contribution >= 4 is 11.6 Å². The highest BCUT2D eigenvalue weighted by molar-refractivity contribution is 6.03. The number of benzene rings is 2. The van der Waals surface area contributed by atoms with Gasteiger partial charge in [-0.3, -0.25) is 4.79 Å². The van der Waals surface area contributed by atoms with Gasteiger partial charge in [0.25, 0.3) is 5.89 Å². The van der Waals surface area contributed by atoms with Crippen LogP contribution in [0.15, 0.2) is 52.9 Å². The molecule has 0 saturated carbocycles. The number of aromatic nitrogens is 2. The number of fused-ring (bicyclic) bond motifs is 1. The first-order chi connectivity index (χ1) is 12.3. The largest absolute Gasteiger partial charge is 0.496 e. The average Bonchev–Trinajstić information content (AvgIpc) is 3.17. The lowest BCUT2D eigenvalue weighted by Crippen LogP contribution is -2.35. The van der Waals surface area contributed by atoms with Crippen molar-refractivity contribution in [2.75, 3.05) is 18.6 Å². The van der Waals surface area contributed by atoms with E-state index in [1.54, 1.807) is 12.0 Å². The molecule has 0 spiro atoms. The minimum absolute atomic E-state index is 0.0161. The number of amides is 1. The number of carbonyl (C=O) groups excluding carboxylic acids is 1. The predicted molar refractivity (Wildman–Crippen MR) is 92.7 cm³/mol. The molecule has 0 unspecified atom stereocenters. The second-order valence-corrected chi connectivity index (χ2v) is 5.80. The van der Waals surface area contributed by atoms with Gasteiger partial charge in [0.1, 0.15) is 5.75 Å². The molecule has 1 aliphatic rings. The third-order valence-corrected chi connectivity index (χ3v) is 4.30. The minimum Gasteiger partial charge on any atom is -0.496 e. The second kappa shape index (κ2) is 6.39. The number of para-hydroxylation sites is 2. The predicted octanol–water partition coefficient (Wildman–Crippen LogP) is 3.34. The fourth-order valence-corrected chi connectivity index (χ4v) is 3.10. The highest BCUT2D eigenvalue weighted by atomic mass is 16.5. The zero-order valence-electron chi connectivity index (χ0n) is 13.8. The fraction of sp³-hybridized carbons (Fsp3) is 0.211. The molecule has 0 radical (unpaired) electrons. The van der Waals surface area contributed by atoms with E-state index in [1.165, 1.54) is 0 Å². The standard InChI is InChI=1S/C19H17N3O3/c1-24-16-11-5-3-9-14(16)17-20-21-18(25-17)19(23)22-12-6-8-13-7-2-4-10-15(13)22/h2-5,7,9-11H,6,8,12H2,1H3. The van der Waals surface area contributed by atoms with Crippen molar-refractivity contribution in [3.63, 3.8) is 0 Å². The van der Waals surface area contributed by atoms with Crippen molar-refractivity contribution in [3.05, 3.63) is 60.0 Å². The Morgan fingerprint density at radius 3 is 2.80 bits per heavy atom. The van der Waals surface area contributed by atoms with Crippen LogP contribution in [0.25, 0.3) is 11.5 Å². The van der Waals surface area contributed by atoms with E-state index in [9.17, 15) is 4.79 Å². The van der Waals surface area contributed by atoms with Gasteiger partial charge < -0.3 is 14.1 Å². The number of aryl methyl sites for hydroxylation is 1. The third kappa shape index (κ3) is 2.76. The normalized spacial score (nSPS) is 13.4. The van der Waals surface area contributed by atoms with E-state index in [0.717, 1.165) is 24.1 Å². The smallest absolute Gasteiger partial charge is 0.315 e. The van der Waals surface area contributed by atoms with Crippen LogP contribution in [-0.4, -0.2) is 29.8 Å². The van der Waals surface area contributed by atoms with Crippen LogP contribution in [0.4, 0.5) is 5.69 Å². The summed E-state index contributed by atoms with van der Waals surface area (Å²) in [6, 6.07) is 15.2. The zero-order chi connectivity index (χ0) is 17.2. The lowest BCUT2D eigenvalue weighted by molar-refractivity contribution is 0.0952. The first-order valence-electron chi connectivity index (χ1n) is 8.14. The molecule has 0 saturated heterocycles. The maximum absolute atomic E-state index is 12.9. The monoisotopic (exact) mass is 335 g/mol. The summed E-state index contributed by atoms with van der Waals surface area (Å²) in [7, 11) is 1.58. The maximum Gasteiger partial charge on any atom is 0.315 e. The van der Waals surface area contributed by atoms with Crippen molar-refractivity contribution in [3.8, 4) is 17.2 Å². The number of rotatable bonds is 3. The number of anilines is 1. The molecule has 3 aromatic rings. The van der Waals surface area contributed by atoms with Gasteiger partial charge in [-0.25, -0.2) is 0 Å². The topological polar surface area (TPSA) is 68.5 Å². The van der Waals surface area contributed by atoms with Gasteiger partial charge in [0.05, 0.1) is 12.7 Å². The molecule has 4 rings (SSSR count). The van der Waals surface area contributed by atoms with E-state index in [0.29, 0.717) is 17.9 Å². The van der Waals surface area contributed by atoms with Crippen LogP contribution in [0.1, 0.15) is 22.7 Å². The van der Waals surface area contributed by atoms with Gasteiger partial charge in [0.2, 0.25) is 0 Å². The van der Waals surface area contributed by atoms with Crippen LogP contribution in [0, 0.1) is 0 Å². The van der Waals surface area contributed by atoms with Crippen molar-refractivity contribution in [2.24, 2.45) is 0 Å². The molecule has 25 heavy (non-hydrogen) atoms. The lowest BCUT2D eigenvalue weighted by Gasteiger charge is -2.28. The van der Waals surface area contributed by atoms with Crippen LogP contribution in [0.3, 0.4) is 0 Å². The zero-order valence-corrected chi connectivity index (χ0v) is 13.8. The number of nitrogens with zero attached hydrogens (tertiary/aromatic N) is 3. The fourth-order valence-electron chi connectivity index (χ4n) is 3.10. The summed E-state index contributed by atoms with van der Waals surface area (Å²) in [4.78, 5) is 14.6. The molecule has 0 aliphatic carbocycles. The SMILES string of the molecule is COc1ccccc1-c1nnc(C(=O)N2CCCc3ccccc32)o1. The molecule has 0 fully saturated rings. The highest BCUT2D eigenvalue weighted by Gasteiger charge is 2.27. The Hall–Kier alpha value is -3.15. The Morgan fingerprint density at radius 1 is 1.12 bits per heavy atom. The van der Waals surface area contributed by atoms with Gasteiger partial charge in [0, 0.05) is 12.2 Å².